The summed E-state index contributed by atoms with van der Waals surface area (Å²) in [5.41, 5.74) is 0. The second kappa shape index (κ2) is 5.72. The van der Waals surface area contributed by atoms with Gasteiger partial charge in [-0.25, -0.2) is 0 Å². The molecule has 1 N–H and O–H groups in total. The molecular weight excluding hydrogens is 278 g/mol. The molecule has 0 aliphatic carbocycles. The van der Waals surface area contributed by atoms with Crippen molar-refractivity contribution < 1.29 is 14.3 Å². The van der Waals surface area contributed by atoms with Crippen molar-refractivity contribution in [3.63, 3.8) is 0 Å². The SMILES string of the molecule is O=C(O)CC1CCCN1Cc1nnc(-c2cccs2)o1. The van der Waals surface area contributed by atoms with Crippen LogP contribution in [-0.4, -0.2) is 38.8 Å². The first kappa shape index (κ1) is 13.3. The van der Waals surface area contributed by atoms with E-state index in [1.165, 1.54) is 0 Å². The first-order chi connectivity index (χ1) is 9.72. The van der Waals surface area contributed by atoms with Crippen LogP contribution in [0.2, 0.25) is 0 Å². The molecule has 2 aromatic rings. The Morgan fingerprint density at radius 1 is 1.55 bits per heavy atom. The Labute approximate surface area is 120 Å². The van der Waals surface area contributed by atoms with E-state index >= 15 is 0 Å². The van der Waals surface area contributed by atoms with E-state index in [1.807, 2.05) is 17.5 Å². The molecule has 7 heteroatoms. The molecule has 0 saturated carbocycles. The van der Waals surface area contributed by atoms with Gasteiger partial charge in [0.15, 0.2) is 0 Å². The molecule has 0 bridgehead atoms. The van der Waals surface area contributed by atoms with E-state index in [4.69, 9.17) is 9.52 Å². The second-order valence-corrected chi connectivity index (χ2v) is 5.79. The highest BCUT2D eigenvalue weighted by atomic mass is 32.1. The quantitative estimate of drug-likeness (QED) is 0.910. The van der Waals surface area contributed by atoms with Gasteiger partial charge in [-0.1, -0.05) is 6.07 Å². The van der Waals surface area contributed by atoms with Gasteiger partial charge in [-0.05, 0) is 30.8 Å². The molecule has 1 atom stereocenters. The van der Waals surface area contributed by atoms with Crippen molar-refractivity contribution in [1.29, 1.82) is 0 Å². The number of hydrogen-bond acceptors (Lipinski definition) is 6. The van der Waals surface area contributed by atoms with Crippen LogP contribution in [-0.2, 0) is 11.3 Å². The normalized spacial score (nSPS) is 19.5. The fourth-order valence-electron chi connectivity index (χ4n) is 2.53. The van der Waals surface area contributed by atoms with Crippen LogP contribution in [0.1, 0.15) is 25.2 Å². The lowest BCUT2D eigenvalue weighted by atomic mass is 10.1. The Morgan fingerprint density at radius 3 is 3.20 bits per heavy atom. The van der Waals surface area contributed by atoms with Crippen molar-refractivity contribution in [3.8, 4) is 10.8 Å². The highest BCUT2D eigenvalue weighted by Crippen LogP contribution is 2.25. The van der Waals surface area contributed by atoms with E-state index in [9.17, 15) is 4.79 Å². The number of rotatable bonds is 5. The van der Waals surface area contributed by atoms with Crippen molar-refractivity contribution >= 4 is 17.3 Å². The third-order valence-electron chi connectivity index (χ3n) is 3.45. The van der Waals surface area contributed by atoms with E-state index in [0.717, 1.165) is 24.3 Å². The maximum Gasteiger partial charge on any atom is 0.304 e. The fraction of sp³-hybridized carbons (Fsp3) is 0.462. The summed E-state index contributed by atoms with van der Waals surface area (Å²) in [6.45, 7) is 1.41. The molecule has 1 fully saturated rings. The van der Waals surface area contributed by atoms with E-state index < -0.39 is 5.97 Å². The summed E-state index contributed by atoms with van der Waals surface area (Å²) in [6, 6.07) is 3.95. The van der Waals surface area contributed by atoms with Gasteiger partial charge in [-0.15, -0.1) is 21.5 Å². The molecule has 1 unspecified atom stereocenters. The number of carboxylic acid groups (broad SMARTS) is 1. The van der Waals surface area contributed by atoms with Crippen LogP contribution in [0.4, 0.5) is 0 Å². The van der Waals surface area contributed by atoms with Gasteiger partial charge >= 0.3 is 5.97 Å². The third-order valence-corrected chi connectivity index (χ3v) is 4.30. The minimum absolute atomic E-state index is 0.0737. The number of carboxylic acids is 1. The zero-order chi connectivity index (χ0) is 13.9. The number of hydrogen-bond donors (Lipinski definition) is 1. The number of thiophene rings is 1. The first-order valence-corrected chi connectivity index (χ1v) is 7.42. The monoisotopic (exact) mass is 293 g/mol. The zero-order valence-electron chi connectivity index (χ0n) is 10.9. The topological polar surface area (TPSA) is 79.5 Å². The van der Waals surface area contributed by atoms with Crippen LogP contribution in [0, 0.1) is 0 Å². The average molecular weight is 293 g/mol. The largest absolute Gasteiger partial charge is 0.481 e. The summed E-state index contributed by atoms with van der Waals surface area (Å²) in [4.78, 5) is 13.9. The standard InChI is InChI=1S/C13H15N3O3S/c17-12(18)7-9-3-1-5-16(9)8-11-14-15-13(19-11)10-4-2-6-20-10/h2,4,6,9H,1,3,5,7-8H2,(H,17,18). The fourth-order valence-corrected chi connectivity index (χ4v) is 3.17. The highest BCUT2D eigenvalue weighted by molar-refractivity contribution is 7.13. The predicted molar refractivity (Wildman–Crippen MR) is 73.3 cm³/mol. The number of aliphatic carboxylic acids is 1. The Hall–Kier alpha value is -1.73. The number of carbonyl (C=O) groups is 1. The van der Waals surface area contributed by atoms with Crippen LogP contribution in [0.15, 0.2) is 21.9 Å². The molecule has 20 heavy (non-hydrogen) atoms. The Bertz CT molecular complexity index is 581. The summed E-state index contributed by atoms with van der Waals surface area (Å²) >= 11 is 1.55. The van der Waals surface area contributed by atoms with E-state index in [-0.39, 0.29) is 12.5 Å². The minimum atomic E-state index is -0.758. The molecule has 0 amide bonds. The Morgan fingerprint density at radius 2 is 2.45 bits per heavy atom. The smallest absolute Gasteiger partial charge is 0.304 e. The third kappa shape index (κ3) is 2.88. The van der Waals surface area contributed by atoms with Crippen LogP contribution in [0.3, 0.4) is 0 Å². The molecule has 6 nitrogen and oxygen atoms in total. The summed E-state index contributed by atoms with van der Waals surface area (Å²) in [6.07, 6.45) is 2.11. The molecule has 1 aliphatic heterocycles. The van der Waals surface area contributed by atoms with Crippen molar-refractivity contribution in [2.45, 2.75) is 31.8 Å². The molecular formula is C13H15N3O3S. The van der Waals surface area contributed by atoms with Gasteiger partial charge in [0.2, 0.25) is 5.89 Å². The van der Waals surface area contributed by atoms with Gasteiger partial charge in [-0.2, -0.15) is 0 Å². The lowest BCUT2D eigenvalue weighted by molar-refractivity contribution is -0.138. The van der Waals surface area contributed by atoms with Gasteiger partial charge in [-0.3, -0.25) is 9.69 Å². The first-order valence-electron chi connectivity index (χ1n) is 6.54. The van der Waals surface area contributed by atoms with Crippen molar-refractivity contribution in [2.75, 3.05) is 6.54 Å². The zero-order valence-corrected chi connectivity index (χ0v) is 11.7. The molecule has 0 radical (unpaired) electrons. The highest BCUT2D eigenvalue weighted by Gasteiger charge is 2.28. The van der Waals surface area contributed by atoms with Gasteiger partial charge in [0.05, 0.1) is 17.8 Å². The number of likely N-dealkylation sites (tertiary alicyclic amines) is 1. The van der Waals surface area contributed by atoms with E-state index in [1.54, 1.807) is 11.3 Å². The molecule has 3 heterocycles. The Balaban J connectivity index is 1.67. The second-order valence-electron chi connectivity index (χ2n) is 4.84. The van der Waals surface area contributed by atoms with Gasteiger partial charge in [0, 0.05) is 6.04 Å². The number of aromatic nitrogens is 2. The summed E-state index contributed by atoms with van der Waals surface area (Å²) in [7, 11) is 0. The van der Waals surface area contributed by atoms with Crippen molar-refractivity contribution in [3.05, 3.63) is 23.4 Å². The van der Waals surface area contributed by atoms with Gasteiger partial charge < -0.3 is 9.52 Å². The summed E-state index contributed by atoms with van der Waals surface area (Å²) < 4.78 is 5.64. The lowest BCUT2D eigenvalue weighted by Gasteiger charge is -2.20. The molecule has 1 saturated heterocycles. The maximum absolute atomic E-state index is 10.8. The number of nitrogens with zero attached hydrogens (tertiary/aromatic N) is 3. The lowest BCUT2D eigenvalue weighted by Crippen LogP contribution is -2.30. The van der Waals surface area contributed by atoms with E-state index in [2.05, 4.69) is 15.1 Å². The van der Waals surface area contributed by atoms with Crippen molar-refractivity contribution in [2.24, 2.45) is 0 Å². The van der Waals surface area contributed by atoms with Gasteiger partial charge in [0.1, 0.15) is 0 Å². The maximum atomic E-state index is 10.8. The molecule has 3 rings (SSSR count). The van der Waals surface area contributed by atoms with Crippen molar-refractivity contribution in [1.82, 2.24) is 15.1 Å². The van der Waals surface area contributed by atoms with E-state index in [0.29, 0.717) is 18.3 Å². The molecule has 0 spiro atoms. The van der Waals surface area contributed by atoms with Gasteiger partial charge in [0.25, 0.3) is 5.89 Å². The molecule has 0 aromatic carbocycles. The van der Waals surface area contributed by atoms with Crippen LogP contribution >= 0.6 is 11.3 Å². The Kier molecular flexibility index (Phi) is 3.79. The minimum Gasteiger partial charge on any atom is -0.481 e. The van der Waals surface area contributed by atoms with Crippen LogP contribution in [0.25, 0.3) is 10.8 Å². The predicted octanol–water partition coefficient (Wildman–Crippen LogP) is 2.24. The molecule has 1 aliphatic rings. The molecule has 2 aromatic heterocycles. The van der Waals surface area contributed by atoms with Crippen LogP contribution < -0.4 is 0 Å². The molecule has 106 valence electrons. The summed E-state index contributed by atoms with van der Waals surface area (Å²) in [5, 5.41) is 19.0. The summed E-state index contributed by atoms with van der Waals surface area (Å²) in [5.74, 6) is 0.321. The van der Waals surface area contributed by atoms with Crippen LogP contribution in [0.5, 0.6) is 0 Å². The average Bonchev–Trinajstić information content (AvgIpc) is 3.11.